The molecule has 2 N–H and O–H groups in total. The van der Waals surface area contributed by atoms with Gasteiger partial charge in [-0.3, -0.25) is 4.90 Å². The SMILES string of the molecule is Nc1nc(Cl)nc2c1ccn2Cc1ccc(CN2CCCC2)cc1. The van der Waals surface area contributed by atoms with Gasteiger partial charge in [-0.2, -0.15) is 4.98 Å². The summed E-state index contributed by atoms with van der Waals surface area (Å²) in [7, 11) is 0. The molecular weight excluding hydrogens is 322 g/mol. The summed E-state index contributed by atoms with van der Waals surface area (Å²) >= 11 is 5.94. The number of nitrogens with two attached hydrogens (primary N) is 1. The molecule has 3 aromatic rings. The van der Waals surface area contributed by atoms with Crippen LogP contribution in [0.2, 0.25) is 5.28 Å². The molecular formula is C18H20ClN5. The number of aromatic nitrogens is 3. The largest absolute Gasteiger partial charge is 0.383 e. The molecule has 2 aromatic heterocycles. The number of hydrogen-bond donors (Lipinski definition) is 1. The number of likely N-dealkylation sites (tertiary alicyclic amines) is 1. The molecule has 124 valence electrons. The van der Waals surface area contributed by atoms with E-state index < -0.39 is 0 Å². The summed E-state index contributed by atoms with van der Waals surface area (Å²) in [6, 6.07) is 10.7. The van der Waals surface area contributed by atoms with Crippen LogP contribution in [-0.4, -0.2) is 32.5 Å². The van der Waals surface area contributed by atoms with E-state index in [9.17, 15) is 0 Å². The molecule has 0 unspecified atom stereocenters. The molecule has 1 aromatic carbocycles. The minimum absolute atomic E-state index is 0.181. The van der Waals surface area contributed by atoms with Gasteiger partial charge in [-0.25, -0.2) is 4.98 Å². The molecule has 1 fully saturated rings. The maximum Gasteiger partial charge on any atom is 0.226 e. The molecule has 1 aliphatic rings. The lowest BCUT2D eigenvalue weighted by Gasteiger charge is -2.14. The van der Waals surface area contributed by atoms with Crippen LogP contribution in [-0.2, 0) is 13.1 Å². The van der Waals surface area contributed by atoms with Crippen LogP contribution in [0.5, 0.6) is 0 Å². The van der Waals surface area contributed by atoms with Gasteiger partial charge < -0.3 is 10.3 Å². The Kier molecular flexibility index (Phi) is 4.12. The first kappa shape index (κ1) is 15.4. The topological polar surface area (TPSA) is 60.0 Å². The Bertz CT molecular complexity index is 850. The quantitative estimate of drug-likeness (QED) is 0.739. The lowest BCUT2D eigenvalue weighted by Crippen LogP contribution is -2.18. The standard InChI is InChI=1S/C18H20ClN5/c19-18-21-16(20)15-7-10-24(17(15)22-18)12-14-5-3-13(4-6-14)11-23-8-1-2-9-23/h3-7,10H,1-2,8-9,11-12H2,(H2,20,21,22). The van der Waals surface area contributed by atoms with Crippen molar-refractivity contribution in [3.8, 4) is 0 Å². The van der Waals surface area contributed by atoms with Gasteiger partial charge in [-0.05, 0) is 54.7 Å². The zero-order valence-electron chi connectivity index (χ0n) is 13.5. The predicted octanol–water partition coefficient (Wildman–Crippen LogP) is 3.31. The number of halogens is 1. The highest BCUT2D eigenvalue weighted by atomic mass is 35.5. The van der Waals surface area contributed by atoms with Crippen molar-refractivity contribution in [3.63, 3.8) is 0 Å². The number of rotatable bonds is 4. The average Bonchev–Trinajstić information content (AvgIpc) is 3.20. The van der Waals surface area contributed by atoms with Crippen LogP contribution < -0.4 is 5.73 Å². The fourth-order valence-corrected chi connectivity index (χ4v) is 3.51. The summed E-state index contributed by atoms with van der Waals surface area (Å²) in [6.45, 7) is 4.23. The van der Waals surface area contributed by atoms with Crippen molar-refractivity contribution in [3.05, 3.63) is 52.9 Å². The van der Waals surface area contributed by atoms with E-state index in [4.69, 9.17) is 17.3 Å². The zero-order chi connectivity index (χ0) is 16.5. The second-order valence-electron chi connectivity index (χ2n) is 6.36. The molecule has 0 amide bonds. The second-order valence-corrected chi connectivity index (χ2v) is 6.70. The van der Waals surface area contributed by atoms with Crippen LogP contribution in [0.3, 0.4) is 0 Å². The van der Waals surface area contributed by atoms with Gasteiger partial charge in [0, 0.05) is 19.3 Å². The van der Waals surface area contributed by atoms with Gasteiger partial charge in [0.15, 0.2) is 0 Å². The Morgan fingerprint density at radius 1 is 0.958 bits per heavy atom. The van der Waals surface area contributed by atoms with E-state index in [-0.39, 0.29) is 5.28 Å². The molecule has 0 atom stereocenters. The van der Waals surface area contributed by atoms with E-state index in [2.05, 4.69) is 43.7 Å². The highest BCUT2D eigenvalue weighted by molar-refractivity contribution is 6.28. The first-order valence-corrected chi connectivity index (χ1v) is 8.65. The molecule has 0 radical (unpaired) electrons. The zero-order valence-corrected chi connectivity index (χ0v) is 14.2. The van der Waals surface area contributed by atoms with E-state index in [0.717, 1.165) is 24.1 Å². The molecule has 24 heavy (non-hydrogen) atoms. The van der Waals surface area contributed by atoms with Crippen molar-refractivity contribution in [2.24, 2.45) is 0 Å². The molecule has 0 aliphatic carbocycles. The Balaban J connectivity index is 1.53. The Morgan fingerprint density at radius 3 is 2.33 bits per heavy atom. The Morgan fingerprint density at radius 2 is 1.62 bits per heavy atom. The summed E-state index contributed by atoms with van der Waals surface area (Å²) < 4.78 is 2.05. The number of fused-ring (bicyclic) bond motifs is 1. The van der Waals surface area contributed by atoms with Gasteiger partial charge in [0.1, 0.15) is 11.5 Å². The van der Waals surface area contributed by atoms with E-state index in [1.807, 2.05) is 12.3 Å². The van der Waals surface area contributed by atoms with Crippen LogP contribution >= 0.6 is 11.6 Å². The highest BCUT2D eigenvalue weighted by Crippen LogP contribution is 2.22. The summed E-state index contributed by atoms with van der Waals surface area (Å²) in [5.74, 6) is 0.421. The van der Waals surface area contributed by atoms with Crippen molar-refractivity contribution in [1.82, 2.24) is 19.4 Å². The molecule has 5 nitrogen and oxygen atoms in total. The Hall–Kier alpha value is -2.11. The smallest absolute Gasteiger partial charge is 0.226 e. The second kappa shape index (κ2) is 6.42. The first-order valence-electron chi connectivity index (χ1n) is 8.27. The van der Waals surface area contributed by atoms with Crippen LogP contribution in [0.25, 0.3) is 11.0 Å². The van der Waals surface area contributed by atoms with E-state index in [0.29, 0.717) is 5.82 Å². The molecule has 3 heterocycles. The van der Waals surface area contributed by atoms with Crippen molar-refractivity contribution in [2.75, 3.05) is 18.8 Å². The van der Waals surface area contributed by atoms with Crippen LogP contribution in [0.4, 0.5) is 5.82 Å². The normalized spacial score (nSPS) is 15.4. The molecule has 0 bridgehead atoms. The minimum atomic E-state index is 0.181. The first-order chi connectivity index (χ1) is 11.7. The van der Waals surface area contributed by atoms with Crippen LogP contribution in [0.15, 0.2) is 36.5 Å². The predicted molar refractivity (Wildman–Crippen MR) is 97.0 cm³/mol. The number of nitrogens with zero attached hydrogens (tertiary/aromatic N) is 4. The van der Waals surface area contributed by atoms with Crippen LogP contribution in [0.1, 0.15) is 24.0 Å². The van der Waals surface area contributed by atoms with Crippen molar-refractivity contribution >= 4 is 28.5 Å². The lowest BCUT2D eigenvalue weighted by molar-refractivity contribution is 0.331. The third kappa shape index (κ3) is 3.09. The average molecular weight is 342 g/mol. The monoisotopic (exact) mass is 341 g/mol. The number of nitrogen functional groups attached to an aromatic ring is 1. The molecule has 0 saturated carbocycles. The third-order valence-electron chi connectivity index (χ3n) is 4.60. The van der Waals surface area contributed by atoms with Crippen molar-refractivity contribution < 1.29 is 0 Å². The summed E-state index contributed by atoms with van der Waals surface area (Å²) in [6.07, 6.45) is 4.63. The molecule has 6 heteroatoms. The Labute approximate surface area is 146 Å². The summed E-state index contributed by atoms with van der Waals surface area (Å²) in [4.78, 5) is 10.8. The number of benzene rings is 1. The molecule has 1 saturated heterocycles. The number of anilines is 1. The fourth-order valence-electron chi connectivity index (χ4n) is 3.33. The highest BCUT2D eigenvalue weighted by Gasteiger charge is 2.12. The van der Waals surface area contributed by atoms with Gasteiger partial charge >= 0.3 is 0 Å². The van der Waals surface area contributed by atoms with Crippen molar-refractivity contribution in [2.45, 2.75) is 25.9 Å². The summed E-state index contributed by atoms with van der Waals surface area (Å²) in [5.41, 5.74) is 9.28. The van der Waals surface area contributed by atoms with E-state index >= 15 is 0 Å². The number of hydrogen-bond acceptors (Lipinski definition) is 4. The maximum atomic E-state index is 5.94. The lowest BCUT2D eigenvalue weighted by atomic mass is 10.1. The van der Waals surface area contributed by atoms with E-state index in [1.165, 1.54) is 37.1 Å². The van der Waals surface area contributed by atoms with Gasteiger partial charge in [-0.1, -0.05) is 24.3 Å². The molecule has 1 aliphatic heterocycles. The molecule has 4 rings (SSSR count). The van der Waals surface area contributed by atoms with Gasteiger partial charge in [0.25, 0.3) is 0 Å². The maximum absolute atomic E-state index is 5.94. The van der Waals surface area contributed by atoms with Gasteiger partial charge in [-0.15, -0.1) is 0 Å². The van der Waals surface area contributed by atoms with Crippen molar-refractivity contribution in [1.29, 1.82) is 0 Å². The van der Waals surface area contributed by atoms with Gasteiger partial charge in [0.2, 0.25) is 5.28 Å². The fraction of sp³-hybridized carbons (Fsp3) is 0.333. The summed E-state index contributed by atoms with van der Waals surface area (Å²) in [5, 5.41) is 1.02. The minimum Gasteiger partial charge on any atom is -0.383 e. The third-order valence-corrected chi connectivity index (χ3v) is 4.77. The van der Waals surface area contributed by atoms with Crippen LogP contribution in [0, 0.1) is 0 Å². The van der Waals surface area contributed by atoms with Gasteiger partial charge in [0.05, 0.1) is 5.39 Å². The van der Waals surface area contributed by atoms with E-state index in [1.54, 1.807) is 0 Å². The molecule has 0 spiro atoms.